The van der Waals surface area contributed by atoms with Crippen LogP contribution in [-0.4, -0.2) is 28.8 Å². The molecule has 1 aromatic carbocycles. The minimum absolute atomic E-state index is 0.0124. The van der Waals surface area contributed by atoms with Gasteiger partial charge in [0.05, 0.1) is 29.6 Å². The minimum Gasteiger partial charge on any atom is -0.469 e. The van der Waals surface area contributed by atoms with Crippen LogP contribution in [0.1, 0.15) is 57.9 Å². The number of benzene rings is 1. The molecular weight excluding hydrogens is 401 g/mol. The van der Waals surface area contributed by atoms with E-state index < -0.39 is 17.3 Å². The smallest absolute Gasteiger partial charge is 0.331 e. The summed E-state index contributed by atoms with van der Waals surface area (Å²) in [6, 6.07) is 2.86. The van der Waals surface area contributed by atoms with Gasteiger partial charge < -0.3 is 10.1 Å². The maximum atomic E-state index is 14.8. The first kappa shape index (κ1) is 21.6. The summed E-state index contributed by atoms with van der Waals surface area (Å²) >= 11 is 0. The Morgan fingerprint density at radius 3 is 2.58 bits per heavy atom. The van der Waals surface area contributed by atoms with Crippen LogP contribution in [0.4, 0.5) is 10.1 Å². The van der Waals surface area contributed by atoms with E-state index in [2.05, 4.69) is 5.32 Å². The summed E-state index contributed by atoms with van der Waals surface area (Å²) in [5.41, 5.74) is -0.0824. The molecule has 4 rings (SSSR count). The van der Waals surface area contributed by atoms with Gasteiger partial charge in [-0.2, -0.15) is 0 Å². The van der Waals surface area contributed by atoms with E-state index in [1.165, 1.54) is 13.2 Å². The van der Waals surface area contributed by atoms with Gasteiger partial charge in [-0.1, -0.05) is 19.8 Å². The Labute approximate surface area is 180 Å². The lowest BCUT2D eigenvalue weighted by Crippen LogP contribution is -2.41. The van der Waals surface area contributed by atoms with Gasteiger partial charge in [-0.25, -0.2) is 9.18 Å². The van der Waals surface area contributed by atoms with Crippen LogP contribution in [0.5, 0.6) is 0 Å². The van der Waals surface area contributed by atoms with Crippen LogP contribution in [0.25, 0.3) is 10.9 Å². The number of halogens is 1. The van der Waals surface area contributed by atoms with E-state index in [0.29, 0.717) is 30.1 Å². The quantitative estimate of drug-likeness (QED) is 0.648. The van der Waals surface area contributed by atoms with Crippen molar-refractivity contribution in [3.63, 3.8) is 0 Å². The van der Waals surface area contributed by atoms with Gasteiger partial charge in [-0.15, -0.1) is 0 Å². The van der Waals surface area contributed by atoms with Crippen LogP contribution in [0.2, 0.25) is 0 Å². The zero-order chi connectivity index (χ0) is 22.1. The van der Waals surface area contributed by atoms with Crippen molar-refractivity contribution in [3.8, 4) is 0 Å². The highest BCUT2D eigenvalue weighted by molar-refractivity contribution is 5.82. The fraction of sp³-hybridized carbons (Fsp3) is 0.609. The predicted octanol–water partition coefficient (Wildman–Crippen LogP) is 3.44. The van der Waals surface area contributed by atoms with Crippen LogP contribution >= 0.6 is 0 Å². The zero-order valence-electron chi connectivity index (χ0n) is 18.2. The molecule has 31 heavy (non-hydrogen) atoms. The summed E-state index contributed by atoms with van der Waals surface area (Å²) in [6.07, 6.45) is 6.33. The second-order valence-electron chi connectivity index (χ2n) is 8.93. The third-order valence-corrected chi connectivity index (χ3v) is 6.61. The number of aromatic nitrogens is 2. The molecule has 1 unspecified atom stereocenters. The first-order chi connectivity index (χ1) is 14.9. The summed E-state index contributed by atoms with van der Waals surface area (Å²) in [6.45, 7) is 2.48. The van der Waals surface area contributed by atoms with Crippen molar-refractivity contribution in [3.05, 3.63) is 38.8 Å². The van der Waals surface area contributed by atoms with Crippen LogP contribution in [0, 0.1) is 17.7 Å². The Morgan fingerprint density at radius 1 is 1.23 bits per heavy atom. The average Bonchev–Trinajstić information content (AvgIpc) is 3.44. The number of esters is 1. The molecule has 0 spiro atoms. The second-order valence-corrected chi connectivity index (χ2v) is 8.93. The van der Waals surface area contributed by atoms with E-state index in [0.717, 1.165) is 43.1 Å². The van der Waals surface area contributed by atoms with E-state index in [4.69, 9.17) is 4.74 Å². The van der Waals surface area contributed by atoms with Crippen molar-refractivity contribution < 1.29 is 13.9 Å². The van der Waals surface area contributed by atoms with Gasteiger partial charge in [0.1, 0.15) is 5.82 Å². The number of hydrogen-bond acceptors (Lipinski definition) is 5. The first-order valence-corrected chi connectivity index (χ1v) is 11.2. The van der Waals surface area contributed by atoms with Crippen molar-refractivity contribution in [2.45, 2.75) is 64.5 Å². The Hall–Kier alpha value is -2.64. The number of nitrogens with zero attached hydrogens (tertiary/aromatic N) is 2. The molecule has 8 heteroatoms. The number of ether oxygens (including phenoxy) is 1. The molecular formula is C23H30FN3O4. The Bertz CT molecular complexity index is 1100. The molecule has 1 heterocycles. The molecule has 2 aliphatic rings. The lowest BCUT2D eigenvalue weighted by atomic mass is 10.1. The molecule has 2 aliphatic carbocycles. The number of nitrogens with one attached hydrogen (secondary N) is 1. The summed E-state index contributed by atoms with van der Waals surface area (Å²) in [5, 5.41) is 3.35. The topological polar surface area (TPSA) is 82.3 Å². The van der Waals surface area contributed by atoms with E-state index in [9.17, 15) is 18.8 Å². The number of hydrogen-bond donors (Lipinski definition) is 1. The summed E-state index contributed by atoms with van der Waals surface area (Å²) in [5.74, 6) is -0.756. The van der Waals surface area contributed by atoms with E-state index >= 15 is 0 Å². The van der Waals surface area contributed by atoms with Crippen LogP contribution in [0.15, 0.2) is 21.7 Å². The number of anilines is 1. The lowest BCUT2D eigenvalue weighted by Gasteiger charge is -2.20. The van der Waals surface area contributed by atoms with Crippen molar-refractivity contribution in [2.24, 2.45) is 11.8 Å². The van der Waals surface area contributed by atoms with Crippen molar-refractivity contribution in [2.75, 3.05) is 19.0 Å². The first-order valence-electron chi connectivity index (χ1n) is 11.2. The van der Waals surface area contributed by atoms with Gasteiger partial charge in [0, 0.05) is 19.1 Å². The maximum Gasteiger partial charge on any atom is 0.331 e. The molecule has 168 valence electrons. The third kappa shape index (κ3) is 4.38. The van der Waals surface area contributed by atoms with Gasteiger partial charge in [0.2, 0.25) is 0 Å². The van der Waals surface area contributed by atoms with Crippen molar-refractivity contribution >= 4 is 22.6 Å². The van der Waals surface area contributed by atoms with Crippen molar-refractivity contribution in [1.29, 1.82) is 0 Å². The molecule has 1 atom stereocenters. The van der Waals surface area contributed by atoms with Crippen LogP contribution < -0.4 is 16.6 Å². The molecule has 7 nitrogen and oxygen atoms in total. The molecule has 1 aromatic heterocycles. The fourth-order valence-electron chi connectivity index (χ4n) is 4.46. The summed E-state index contributed by atoms with van der Waals surface area (Å²) in [7, 11) is 1.31. The summed E-state index contributed by atoms with van der Waals surface area (Å²) < 4.78 is 22.4. The number of carbonyl (C=O) groups is 1. The Balaban J connectivity index is 1.79. The zero-order valence-corrected chi connectivity index (χ0v) is 18.2. The van der Waals surface area contributed by atoms with Crippen LogP contribution in [-0.2, 0) is 16.1 Å². The Morgan fingerprint density at radius 2 is 1.94 bits per heavy atom. The monoisotopic (exact) mass is 431 g/mol. The lowest BCUT2D eigenvalue weighted by molar-refractivity contribution is -0.145. The molecule has 0 saturated heterocycles. The number of methoxy groups -OCH3 is 1. The maximum absolute atomic E-state index is 14.8. The van der Waals surface area contributed by atoms with Gasteiger partial charge in [-0.3, -0.25) is 18.7 Å². The highest BCUT2D eigenvalue weighted by atomic mass is 19.1. The van der Waals surface area contributed by atoms with Crippen LogP contribution in [0.3, 0.4) is 0 Å². The van der Waals surface area contributed by atoms with E-state index in [1.54, 1.807) is 17.6 Å². The largest absolute Gasteiger partial charge is 0.469 e. The molecule has 2 fully saturated rings. The fourth-order valence-corrected chi connectivity index (χ4v) is 4.46. The number of rotatable bonds is 8. The molecule has 0 bridgehead atoms. The van der Waals surface area contributed by atoms with Gasteiger partial charge in [0.15, 0.2) is 0 Å². The molecule has 2 aromatic rings. The second kappa shape index (κ2) is 8.85. The molecule has 1 N–H and O–H groups in total. The number of carbonyl (C=O) groups excluding carboxylic acids is 1. The SMILES string of the molecule is COC(=O)C(C)CCn1c(=O)c2cc(F)c(NCC3CC3)cc2n(C2CCCC2)c1=O. The Kier molecular flexibility index (Phi) is 6.16. The predicted molar refractivity (Wildman–Crippen MR) is 117 cm³/mol. The molecule has 2 saturated carbocycles. The third-order valence-electron chi connectivity index (χ3n) is 6.61. The molecule has 0 radical (unpaired) electrons. The van der Waals surface area contributed by atoms with E-state index in [-0.39, 0.29) is 29.6 Å². The van der Waals surface area contributed by atoms with Gasteiger partial charge in [-0.05, 0) is 50.2 Å². The molecule has 0 amide bonds. The molecule has 0 aliphatic heterocycles. The highest BCUT2D eigenvalue weighted by Crippen LogP contribution is 2.33. The van der Waals surface area contributed by atoms with Gasteiger partial charge >= 0.3 is 11.7 Å². The normalized spacial score (nSPS) is 17.8. The van der Waals surface area contributed by atoms with Gasteiger partial charge in [0.25, 0.3) is 5.56 Å². The van der Waals surface area contributed by atoms with E-state index in [1.807, 2.05) is 0 Å². The summed E-state index contributed by atoms with van der Waals surface area (Å²) in [4.78, 5) is 38.3. The van der Waals surface area contributed by atoms with Crippen molar-refractivity contribution in [1.82, 2.24) is 9.13 Å². The number of fused-ring (bicyclic) bond motifs is 1. The minimum atomic E-state index is -0.515. The standard InChI is InChI=1S/C23H30FN3O4/c1-14(22(29)31-2)9-10-26-21(28)17-11-18(24)19(25-13-15-7-8-15)12-20(17)27(23(26)30)16-5-3-4-6-16/h11-12,14-16,25H,3-10,13H2,1-2H3. The average molecular weight is 432 g/mol. The highest BCUT2D eigenvalue weighted by Gasteiger charge is 2.26.